The SMILES string of the molecule is CCc1ccc(N(C(C)=O)c2nc(COC(=O)c3ccc(Cl)cc3N)cs2)cc1. The standard InChI is InChI=1S/C21H20ClN3O3S/c1-3-14-4-7-17(8-5-14)25(13(2)26)21-24-16(12-29-21)11-28-20(27)18-9-6-15(22)10-19(18)23/h4-10,12H,3,11,23H2,1-2H3. The van der Waals surface area contributed by atoms with E-state index in [1.165, 1.54) is 40.9 Å². The number of aryl methyl sites for hydroxylation is 1. The predicted molar refractivity (Wildman–Crippen MR) is 116 cm³/mol. The molecule has 0 aliphatic carbocycles. The highest BCUT2D eigenvalue weighted by Crippen LogP contribution is 2.29. The van der Waals surface area contributed by atoms with Crippen molar-refractivity contribution < 1.29 is 14.3 Å². The van der Waals surface area contributed by atoms with Crippen molar-refractivity contribution >= 4 is 51.3 Å². The first-order valence-electron chi connectivity index (χ1n) is 8.95. The first kappa shape index (κ1) is 20.8. The number of hydrogen-bond acceptors (Lipinski definition) is 6. The summed E-state index contributed by atoms with van der Waals surface area (Å²) >= 11 is 7.15. The number of carbonyl (C=O) groups excluding carboxylic acids is 2. The molecule has 0 radical (unpaired) electrons. The first-order chi connectivity index (χ1) is 13.9. The number of anilines is 3. The van der Waals surface area contributed by atoms with Crippen LogP contribution >= 0.6 is 22.9 Å². The van der Waals surface area contributed by atoms with Crippen LogP contribution in [0.15, 0.2) is 47.8 Å². The molecule has 0 aliphatic rings. The van der Waals surface area contributed by atoms with Gasteiger partial charge < -0.3 is 10.5 Å². The second-order valence-electron chi connectivity index (χ2n) is 6.30. The number of ether oxygens (including phenoxy) is 1. The monoisotopic (exact) mass is 429 g/mol. The molecule has 0 saturated carbocycles. The van der Waals surface area contributed by atoms with Crippen LogP contribution in [0.25, 0.3) is 0 Å². The lowest BCUT2D eigenvalue weighted by molar-refractivity contribution is -0.115. The van der Waals surface area contributed by atoms with Crippen molar-refractivity contribution in [3.8, 4) is 0 Å². The zero-order valence-electron chi connectivity index (χ0n) is 16.0. The predicted octanol–water partition coefficient (Wildman–Crippen LogP) is 4.98. The van der Waals surface area contributed by atoms with Gasteiger partial charge in [0.2, 0.25) is 5.91 Å². The number of rotatable bonds is 6. The molecule has 150 valence electrons. The van der Waals surface area contributed by atoms with Crippen molar-refractivity contribution in [1.29, 1.82) is 0 Å². The minimum atomic E-state index is -0.563. The summed E-state index contributed by atoms with van der Waals surface area (Å²) in [6.07, 6.45) is 0.922. The summed E-state index contributed by atoms with van der Waals surface area (Å²) in [6.45, 7) is 3.53. The molecule has 3 aromatic rings. The van der Waals surface area contributed by atoms with Gasteiger partial charge in [-0.25, -0.2) is 9.78 Å². The third-order valence-electron chi connectivity index (χ3n) is 4.23. The highest BCUT2D eigenvalue weighted by Gasteiger charge is 2.19. The highest BCUT2D eigenvalue weighted by atomic mass is 35.5. The van der Waals surface area contributed by atoms with Crippen molar-refractivity contribution in [1.82, 2.24) is 4.98 Å². The van der Waals surface area contributed by atoms with Gasteiger partial charge in [0.05, 0.1) is 16.9 Å². The summed E-state index contributed by atoms with van der Waals surface area (Å²) in [7, 11) is 0. The number of amides is 1. The van der Waals surface area contributed by atoms with Crippen LogP contribution in [0.4, 0.5) is 16.5 Å². The summed E-state index contributed by atoms with van der Waals surface area (Å²) in [4.78, 5) is 30.4. The first-order valence-corrected chi connectivity index (χ1v) is 10.2. The van der Waals surface area contributed by atoms with Gasteiger partial charge in [-0.15, -0.1) is 11.3 Å². The molecule has 1 amide bonds. The molecule has 2 N–H and O–H groups in total. The van der Waals surface area contributed by atoms with Crippen LogP contribution in [0.1, 0.15) is 35.5 Å². The second kappa shape index (κ2) is 9.07. The summed E-state index contributed by atoms with van der Waals surface area (Å²) < 4.78 is 5.30. The molecular weight excluding hydrogens is 410 g/mol. The Hall–Kier alpha value is -2.90. The molecule has 0 unspecified atom stereocenters. The molecule has 0 spiro atoms. The van der Waals surface area contributed by atoms with Crippen LogP contribution < -0.4 is 10.6 Å². The Bertz CT molecular complexity index is 1030. The molecule has 29 heavy (non-hydrogen) atoms. The fourth-order valence-electron chi connectivity index (χ4n) is 2.71. The summed E-state index contributed by atoms with van der Waals surface area (Å²) in [5.74, 6) is -0.714. The van der Waals surface area contributed by atoms with E-state index in [1.807, 2.05) is 24.3 Å². The summed E-state index contributed by atoms with van der Waals surface area (Å²) in [6, 6.07) is 12.3. The fraction of sp³-hybridized carbons (Fsp3) is 0.190. The van der Waals surface area contributed by atoms with Gasteiger partial charge in [0.1, 0.15) is 6.61 Å². The van der Waals surface area contributed by atoms with Crippen molar-refractivity contribution in [3.05, 3.63) is 69.7 Å². The largest absolute Gasteiger partial charge is 0.455 e. The number of nitrogens with zero attached hydrogens (tertiary/aromatic N) is 2. The van der Waals surface area contributed by atoms with Crippen LogP contribution in [-0.4, -0.2) is 16.9 Å². The topological polar surface area (TPSA) is 85.5 Å². The maximum absolute atomic E-state index is 12.2. The number of carbonyl (C=O) groups is 2. The van der Waals surface area contributed by atoms with Gasteiger partial charge in [-0.3, -0.25) is 9.69 Å². The van der Waals surface area contributed by atoms with E-state index in [9.17, 15) is 9.59 Å². The minimum absolute atomic E-state index is 0.0298. The Labute approximate surface area is 177 Å². The van der Waals surface area contributed by atoms with Crippen molar-refractivity contribution in [3.63, 3.8) is 0 Å². The molecule has 0 saturated heterocycles. The molecule has 8 heteroatoms. The van der Waals surface area contributed by atoms with Gasteiger partial charge in [-0.1, -0.05) is 30.7 Å². The van der Waals surface area contributed by atoms with E-state index in [1.54, 1.807) is 11.4 Å². The van der Waals surface area contributed by atoms with E-state index in [4.69, 9.17) is 22.1 Å². The summed E-state index contributed by atoms with van der Waals surface area (Å²) in [5, 5.41) is 2.71. The molecule has 0 aliphatic heterocycles. The number of benzene rings is 2. The Morgan fingerprint density at radius 2 is 1.93 bits per heavy atom. The molecule has 1 heterocycles. The number of esters is 1. The third kappa shape index (κ3) is 4.93. The number of nitrogens with two attached hydrogens (primary N) is 1. The highest BCUT2D eigenvalue weighted by molar-refractivity contribution is 7.14. The Kier molecular flexibility index (Phi) is 6.51. The van der Waals surface area contributed by atoms with E-state index in [0.29, 0.717) is 15.8 Å². The lowest BCUT2D eigenvalue weighted by Gasteiger charge is -2.18. The summed E-state index contributed by atoms with van der Waals surface area (Å²) in [5.41, 5.74) is 8.77. The van der Waals surface area contributed by atoms with Gasteiger partial charge in [-0.05, 0) is 42.3 Å². The van der Waals surface area contributed by atoms with Crippen LogP contribution in [-0.2, 0) is 22.6 Å². The lowest BCUT2D eigenvalue weighted by Crippen LogP contribution is -2.22. The van der Waals surface area contributed by atoms with Crippen LogP contribution in [0, 0.1) is 0 Å². The van der Waals surface area contributed by atoms with Gasteiger partial charge >= 0.3 is 5.97 Å². The van der Waals surface area contributed by atoms with Gasteiger partial charge in [0.15, 0.2) is 5.13 Å². The van der Waals surface area contributed by atoms with Crippen LogP contribution in [0.3, 0.4) is 0 Å². The molecule has 0 bridgehead atoms. The number of aromatic nitrogens is 1. The van der Waals surface area contributed by atoms with Gasteiger partial charge in [-0.2, -0.15) is 0 Å². The van der Waals surface area contributed by atoms with E-state index in [0.717, 1.165) is 12.1 Å². The Balaban J connectivity index is 1.72. The van der Waals surface area contributed by atoms with Crippen molar-refractivity contribution in [2.24, 2.45) is 0 Å². The zero-order valence-corrected chi connectivity index (χ0v) is 17.6. The quantitative estimate of drug-likeness (QED) is 0.441. The van der Waals surface area contributed by atoms with E-state index < -0.39 is 5.97 Å². The van der Waals surface area contributed by atoms with E-state index in [2.05, 4.69) is 11.9 Å². The van der Waals surface area contributed by atoms with Gasteiger partial charge in [0, 0.05) is 23.0 Å². The normalized spacial score (nSPS) is 10.6. The number of halogens is 1. The van der Waals surface area contributed by atoms with Crippen LogP contribution in [0.2, 0.25) is 5.02 Å². The number of nitrogen functional groups attached to an aromatic ring is 1. The van der Waals surface area contributed by atoms with Crippen molar-refractivity contribution in [2.75, 3.05) is 10.6 Å². The molecule has 3 rings (SSSR count). The second-order valence-corrected chi connectivity index (χ2v) is 7.58. The van der Waals surface area contributed by atoms with E-state index >= 15 is 0 Å². The van der Waals surface area contributed by atoms with E-state index in [-0.39, 0.29) is 23.8 Å². The molecule has 1 aromatic heterocycles. The average molecular weight is 430 g/mol. The van der Waals surface area contributed by atoms with Crippen molar-refractivity contribution in [2.45, 2.75) is 26.9 Å². The van der Waals surface area contributed by atoms with Crippen LogP contribution in [0.5, 0.6) is 0 Å². The molecule has 2 aromatic carbocycles. The molecule has 0 atom stereocenters. The maximum atomic E-state index is 12.2. The lowest BCUT2D eigenvalue weighted by atomic mass is 10.1. The maximum Gasteiger partial charge on any atom is 0.340 e. The smallest absolute Gasteiger partial charge is 0.340 e. The molecular formula is C21H20ClN3O3S. The number of hydrogen-bond donors (Lipinski definition) is 1. The average Bonchev–Trinajstić information content (AvgIpc) is 3.15. The minimum Gasteiger partial charge on any atom is -0.455 e. The molecule has 6 nitrogen and oxygen atoms in total. The third-order valence-corrected chi connectivity index (χ3v) is 5.34. The van der Waals surface area contributed by atoms with Gasteiger partial charge in [0.25, 0.3) is 0 Å². The Morgan fingerprint density at radius 1 is 1.21 bits per heavy atom. The number of thiazole rings is 1. The fourth-order valence-corrected chi connectivity index (χ4v) is 3.76. The Morgan fingerprint density at radius 3 is 2.55 bits per heavy atom. The molecule has 0 fully saturated rings. The zero-order chi connectivity index (χ0) is 21.0.